The van der Waals surface area contributed by atoms with Crippen molar-refractivity contribution >= 4 is 5.91 Å². The molecule has 21 heavy (non-hydrogen) atoms. The Morgan fingerprint density at radius 1 is 1.29 bits per heavy atom. The number of aromatic hydroxyl groups is 1. The van der Waals surface area contributed by atoms with E-state index in [-0.39, 0.29) is 11.7 Å². The molecule has 0 saturated carbocycles. The molecule has 5 heteroatoms. The van der Waals surface area contributed by atoms with Crippen LogP contribution in [0.3, 0.4) is 0 Å². The van der Waals surface area contributed by atoms with Crippen molar-refractivity contribution in [2.45, 2.75) is 6.92 Å². The number of nitriles is 1. The van der Waals surface area contributed by atoms with Gasteiger partial charge in [0, 0.05) is 43.9 Å². The van der Waals surface area contributed by atoms with Gasteiger partial charge < -0.3 is 10.0 Å². The lowest BCUT2D eigenvalue weighted by Gasteiger charge is -2.34. The third-order valence-electron chi connectivity index (χ3n) is 3.61. The molecule has 0 aromatic heterocycles. The summed E-state index contributed by atoms with van der Waals surface area (Å²) in [5.74, 6) is 0.161. The summed E-state index contributed by atoms with van der Waals surface area (Å²) in [6, 6.07) is 8.44. The first-order chi connectivity index (χ1) is 10.1. The molecule has 1 fully saturated rings. The second-order valence-electron chi connectivity index (χ2n) is 5.14. The quantitative estimate of drug-likeness (QED) is 0.857. The molecule has 1 N–H and O–H groups in total. The number of phenols is 1. The van der Waals surface area contributed by atoms with E-state index in [0.29, 0.717) is 18.7 Å². The lowest BCUT2D eigenvalue weighted by molar-refractivity contribution is 0.0650. The molecule has 1 amide bonds. The molecule has 1 saturated heterocycles. The SMILES string of the molecule is C/C(C#N)=C\CN1CCN(C(=O)c2ccc(O)cc2)CC1. The molecule has 2 rings (SSSR count). The second kappa shape index (κ2) is 6.91. The summed E-state index contributed by atoms with van der Waals surface area (Å²) in [5, 5.41) is 18.0. The first-order valence-electron chi connectivity index (χ1n) is 6.97. The van der Waals surface area contributed by atoms with Crippen LogP contribution in [0.25, 0.3) is 0 Å². The summed E-state index contributed by atoms with van der Waals surface area (Å²) in [5.41, 5.74) is 1.32. The first-order valence-corrected chi connectivity index (χ1v) is 6.97. The summed E-state index contributed by atoms with van der Waals surface area (Å²) in [6.07, 6.45) is 1.91. The number of nitrogens with zero attached hydrogens (tertiary/aromatic N) is 3. The molecule has 1 aliphatic rings. The number of amides is 1. The minimum atomic E-state index is -0.00148. The monoisotopic (exact) mass is 285 g/mol. The second-order valence-corrected chi connectivity index (χ2v) is 5.14. The van der Waals surface area contributed by atoms with Gasteiger partial charge in [-0.2, -0.15) is 5.26 Å². The Bertz CT molecular complexity index is 564. The summed E-state index contributed by atoms with van der Waals surface area (Å²) in [7, 11) is 0. The first kappa shape index (κ1) is 15.1. The summed E-state index contributed by atoms with van der Waals surface area (Å²) in [6.45, 7) is 5.52. The van der Waals surface area contributed by atoms with Crippen LogP contribution in [0.15, 0.2) is 35.9 Å². The van der Waals surface area contributed by atoms with E-state index in [2.05, 4.69) is 11.0 Å². The van der Waals surface area contributed by atoms with Crippen molar-refractivity contribution in [1.82, 2.24) is 9.80 Å². The Kier molecular flexibility index (Phi) is 4.96. The maximum atomic E-state index is 12.3. The summed E-state index contributed by atoms with van der Waals surface area (Å²) < 4.78 is 0. The number of allylic oxidation sites excluding steroid dienone is 1. The van der Waals surface area contributed by atoms with Crippen molar-refractivity contribution in [1.29, 1.82) is 5.26 Å². The zero-order valence-corrected chi connectivity index (χ0v) is 12.1. The number of phenolic OH excluding ortho intramolecular Hbond substituents is 1. The van der Waals surface area contributed by atoms with Crippen LogP contribution in [0.5, 0.6) is 5.75 Å². The third kappa shape index (κ3) is 4.07. The van der Waals surface area contributed by atoms with Crippen LogP contribution in [-0.2, 0) is 0 Å². The van der Waals surface area contributed by atoms with Crippen molar-refractivity contribution < 1.29 is 9.90 Å². The van der Waals surface area contributed by atoms with Crippen LogP contribution >= 0.6 is 0 Å². The molecule has 1 aromatic rings. The molecule has 5 nitrogen and oxygen atoms in total. The molecule has 0 spiro atoms. The highest BCUT2D eigenvalue weighted by atomic mass is 16.3. The van der Waals surface area contributed by atoms with Gasteiger partial charge in [-0.1, -0.05) is 6.08 Å². The average molecular weight is 285 g/mol. The topological polar surface area (TPSA) is 67.6 Å². The highest BCUT2D eigenvalue weighted by Crippen LogP contribution is 2.13. The lowest BCUT2D eigenvalue weighted by Crippen LogP contribution is -2.48. The number of hydrogen-bond donors (Lipinski definition) is 1. The third-order valence-corrected chi connectivity index (χ3v) is 3.61. The van der Waals surface area contributed by atoms with Gasteiger partial charge in [0.15, 0.2) is 0 Å². The number of carbonyl (C=O) groups excluding carboxylic acids is 1. The number of hydrogen-bond acceptors (Lipinski definition) is 4. The molecule has 0 unspecified atom stereocenters. The van der Waals surface area contributed by atoms with E-state index in [4.69, 9.17) is 5.26 Å². The molecule has 1 heterocycles. The highest BCUT2D eigenvalue weighted by molar-refractivity contribution is 5.94. The van der Waals surface area contributed by atoms with Gasteiger partial charge in [-0.3, -0.25) is 9.69 Å². The predicted octanol–water partition coefficient (Wildman–Crippen LogP) is 1.62. The molecule has 1 aromatic carbocycles. The maximum Gasteiger partial charge on any atom is 0.253 e. The fourth-order valence-corrected chi connectivity index (χ4v) is 2.23. The van der Waals surface area contributed by atoms with Crippen LogP contribution in [0.4, 0.5) is 0 Å². The molecule has 0 atom stereocenters. The van der Waals surface area contributed by atoms with Gasteiger partial charge in [0.05, 0.1) is 6.07 Å². The van der Waals surface area contributed by atoms with Crippen LogP contribution in [0.1, 0.15) is 17.3 Å². The number of rotatable bonds is 3. The van der Waals surface area contributed by atoms with Gasteiger partial charge in [-0.25, -0.2) is 0 Å². The van der Waals surface area contributed by atoms with Gasteiger partial charge in [0.1, 0.15) is 5.75 Å². The summed E-state index contributed by atoms with van der Waals surface area (Å²) in [4.78, 5) is 16.3. The van der Waals surface area contributed by atoms with E-state index in [1.165, 1.54) is 12.1 Å². The fourth-order valence-electron chi connectivity index (χ4n) is 2.23. The molecular weight excluding hydrogens is 266 g/mol. The zero-order valence-electron chi connectivity index (χ0n) is 12.1. The molecule has 110 valence electrons. The van der Waals surface area contributed by atoms with Crippen molar-refractivity contribution in [3.8, 4) is 11.8 Å². The van der Waals surface area contributed by atoms with Crippen molar-refractivity contribution in [2.24, 2.45) is 0 Å². The van der Waals surface area contributed by atoms with E-state index in [1.807, 2.05) is 11.0 Å². The molecule has 0 bridgehead atoms. The van der Waals surface area contributed by atoms with Gasteiger partial charge >= 0.3 is 0 Å². The normalized spacial score (nSPS) is 16.6. The van der Waals surface area contributed by atoms with Crippen molar-refractivity contribution in [2.75, 3.05) is 32.7 Å². The number of piperazine rings is 1. The molecule has 0 aliphatic carbocycles. The Labute approximate surface area is 124 Å². The van der Waals surface area contributed by atoms with Crippen LogP contribution in [0.2, 0.25) is 0 Å². The van der Waals surface area contributed by atoms with E-state index in [1.54, 1.807) is 19.1 Å². The predicted molar refractivity (Wildman–Crippen MR) is 79.8 cm³/mol. The maximum absolute atomic E-state index is 12.3. The van der Waals surface area contributed by atoms with Gasteiger partial charge in [0.25, 0.3) is 5.91 Å². The zero-order chi connectivity index (χ0) is 15.2. The van der Waals surface area contributed by atoms with Crippen LogP contribution in [0, 0.1) is 11.3 Å². The van der Waals surface area contributed by atoms with E-state index < -0.39 is 0 Å². The van der Waals surface area contributed by atoms with Gasteiger partial charge in [-0.05, 0) is 31.2 Å². The van der Waals surface area contributed by atoms with Crippen LogP contribution < -0.4 is 0 Å². The summed E-state index contributed by atoms with van der Waals surface area (Å²) >= 11 is 0. The standard InChI is InChI=1S/C16H19N3O2/c1-13(12-17)6-7-18-8-10-19(11-9-18)16(21)14-2-4-15(20)5-3-14/h2-6,20H,7-11H2,1H3/b13-6+. The van der Waals surface area contributed by atoms with Crippen molar-refractivity contribution in [3.05, 3.63) is 41.5 Å². The van der Waals surface area contributed by atoms with E-state index >= 15 is 0 Å². The Morgan fingerprint density at radius 2 is 1.90 bits per heavy atom. The van der Waals surface area contributed by atoms with Gasteiger partial charge in [-0.15, -0.1) is 0 Å². The van der Waals surface area contributed by atoms with E-state index in [9.17, 15) is 9.90 Å². The minimum Gasteiger partial charge on any atom is -0.508 e. The largest absolute Gasteiger partial charge is 0.508 e. The Morgan fingerprint density at radius 3 is 2.48 bits per heavy atom. The Hall–Kier alpha value is -2.32. The number of benzene rings is 1. The Balaban J connectivity index is 1.88. The molecule has 1 aliphatic heterocycles. The average Bonchev–Trinajstić information content (AvgIpc) is 2.53. The van der Waals surface area contributed by atoms with Crippen LogP contribution in [-0.4, -0.2) is 53.5 Å². The smallest absolute Gasteiger partial charge is 0.253 e. The highest BCUT2D eigenvalue weighted by Gasteiger charge is 2.21. The lowest BCUT2D eigenvalue weighted by atomic mass is 10.1. The number of carbonyl (C=O) groups is 1. The molecule has 0 radical (unpaired) electrons. The van der Waals surface area contributed by atoms with E-state index in [0.717, 1.165) is 25.2 Å². The van der Waals surface area contributed by atoms with Crippen molar-refractivity contribution in [3.63, 3.8) is 0 Å². The van der Waals surface area contributed by atoms with Gasteiger partial charge in [0.2, 0.25) is 0 Å². The fraction of sp³-hybridized carbons (Fsp3) is 0.375. The molecular formula is C16H19N3O2. The minimum absolute atomic E-state index is 0.00148.